The maximum atomic E-state index is 3.51. The molecule has 0 nitrogen and oxygen atoms in total. The van der Waals surface area contributed by atoms with Crippen LogP contribution in [0.25, 0.3) is 0 Å². The number of aryl methyl sites for hydroxylation is 1. The molecule has 3 heteroatoms. The van der Waals surface area contributed by atoms with E-state index in [-0.39, 0.29) is 0 Å². The zero-order chi connectivity index (χ0) is 19.5. The molecule has 1 aromatic rings. The van der Waals surface area contributed by atoms with Gasteiger partial charge in [0, 0.05) is 11.1 Å². The fraction of sp³-hybridized carbons (Fsp3) is 0.455. The molecule has 1 rings (SSSR count). The summed E-state index contributed by atoms with van der Waals surface area (Å²) in [5, 5.41) is 0. The summed E-state index contributed by atoms with van der Waals surface area (Å²) in [5.74, 6) is 10.3. The van der Waals surface area contributed by atoms with Crippen molar-refractivity contribution in [1.82, 2.24) is 0 Å². The van der Waals surface area contributed by atoms with Crippen molar-refractivity contribution >= 4 is 24.2 Å². The Morgan fingerprint density at radius 2 is 0.880 bits per heavy atom. The van der Waals surface area contributed by atoms with E-state index in [4.69, 9.17) is 0 Å². The Bertz CT molecular complexity index is 769. The molecule has 0 fully saturated rings. The molecule has 0 unspecified atom stereocenters. The monoisotopic (exact) mass is 380 g/mol. The van der Waals surface area contributed by atoms with Crippen LogP contribution in [0.2, 0.25) is 58.9 Å². The highest BCUT2D eigenvalue weighted by molar-refractivity contribution is 6.84. The van der Waals surface area contributed by atoms with Gasteiger partial charge in [-0.25, -0.2) is 0 Å². The Hall–Kier alpha value is -1.45. The molecule has 0 heterocycles. The first-order valence-corrected chi connectivity index (χ1v) is 19.4. The van der Waals surface area contributed by atoms with Gasteiger partial charge in [0.05, 0.1) is 5.56 Å². The molecule has 0 radical (unpaired) electrons. The van der Waals surface area contributed by atoms with E-state index in [1.807, 2.05) is 0 Å². The summed E-state index contributed by atoms with van der Waals surface area (Å²) in [4.78, 5) is 0. The molecular formula is C22H32Si3. The fourth-order valence-electron chi connectivity index (χ4n) is 1.88. The van der Waals surface area contributed by atoms with E-state index in [2.05, 4.69) is 112 Å². The van der Waals surface area contributed by atoms with E-state index < -0.39 is 24.2 Å². The van der Waals surface area contributed by atoms with Gasteiger partial charge in [0.2, 0.25) is 0 Å². The van der Waals surface area contributed by atoms with Crippen LogP contribution in [-0.2, 0) is 0 Å². The second-order valence-corrected chi connectivity index (χ2v) is 24.0. The van der Waals surface area contributed by atoms with Crippen molar-refractivity contribution in [2.45, 2.75) is 65.8 Å². The summed E-state index contributed by atoms with van der Waals surface area (Å²) in [6, 6.07) is 4.34. The fourth-order valence-corrected chi connectivity index (χ4v) is 3.40. The lowest BCUT2D eigenvalue weighted by atomic mass is 9.99. The average molecular weight is 381 g/mol. The van der Waals surface area contributed by atoms with Crippen molar-refractivity contribution in [3.63, 3.8) is 0 Å². The van der Waals surface area contributed by atoms with Gasteiger partial charge in [0.25, 0.3) is 0 Å². The first-order chi connectivity index (χ1) is 11.2. The predicted molar refractivity (Wildman–Crippen MR) is 122 cm³/mol. The highest BCUT2D eigenvalue weighted by Gasteiger charge is 2.13. The molecule has 0 saturated carbocycles. The summed E-state index contributed by atoms with van der Waals surface area (Å²) in [6.45, 7) is 22.6. The normalized spacial score (nSPS) is 11.4. The Kier molecular flexibility index (Phi) is 6.77. The van der Waals surface area contributed by atoms with Gasteiger partial charge in [-0.2, -0.15) is 0 Å². The molecule has 0 bridgehead atoms. The minimum absolute atomic E-state index is 1.03. The van der Waals surface area contributed by atoms with Gasteiger partial charge in [-0.15, -0.1) is 16.6 Å². The summed E-state index contributed by atoms with van der Waals surface area (Å²) < 4.78 is 0. The lowest BCUT2D eigenvalue weighted by Crippen LogP contribution is -2.17. The van der Waals surface area contributed by atoms with E-state index in [0.717, 1.165) is 16.7 Å². The highest BCUT2D eigenvalue weighted by Crippen LogP contribution is 2.17. The second kappa shape index (κ2) is 7.84. The standard InChI is InChI=1S/C22H32Si3/c1-19-17-20(11-14-23(2,3)4)22(13-16-25(8,9)10)21(18-19)12-15-24(5,6)7/h17-18H,1-10H3. The molecule has 0 aliphatic rings. The van der Waals surface area contributed by atoms with Crippen LogP contribution in [0.3, 0.4) is 0 Å². The van der Waals surface area contributed by atoms with Crippen molar-refractivity contribution in [3.8, 4) is 34.4 Å². The van der Waals surface area contributed by atoms with Crippen LogP contribution in [-0.4, -0.2) is 24.2 Å². The van der Waals surface area contributed by atoms with Crippen molar-refractivity contribution in [2.24, 2.45) is 0 Å². The van der Waals surface area contributed by atoms with Crippen LogP contribution in [0, 0.1) is 41.3 Å². The lowest BCUT2D eigenvalue weighted by Gasteiger charge is -2.09. The van der Waals surface area contributed by atoms with Crippen molar-refractivity contribution < 1.29 is 0 Å². The quantitative estimate of drug-likeness (QED) is 0.401. The van der Waals surface area contributed by atoms with Gasteiger partial charge in [-0.1, -0.05) is 76.7 Å². The Labute approximate surface area is 158 Å². The van der Waals surface area contributed by atoms with Gasteiger partial charge in [0.1, 0.15) is 24.2 Å². The molecule has 0 aliphatic carbocycles. The van der Waals surface area contributed by atoms with E-state index in [9.17, 15) is 0 Å². The third kappa shape index (κ3) is 8.99. The zero-order valence-electron chi connectivity index (χ0n) is 17.7. The van der Waals surface area contributed by atoms with Gasteiger partial charge >= 0.3 is 0 Å². The molecule has 0 spiro atoms. The number of hydrogen-bond donors (Lipinski definition) is 0. The van der Waals surface area contributed by atoms with Crippen LogP contribution < -0.4 is 0 Å². The summed E-state index contributed by atoms with van der Waals surface area (Å²) in [7, 11) is -4.33. The number of hydrogen-bond acceptors (Lipinski definition) is 0. The van der Waals surface area contributed by atoms with E-state index >= 15 is 0 Å². The third-order valence-corrected chi connectivity index (χ3v) is 5.61. The van der Waals surface area contributed by atoms with Crippen molar-refractivity contribution in [3.05, 3.63) is 34.4 Å². The second-order valence-electron chi connectivity index (χ2n) is 9.74. The number of rotatable bonds is 0. The first kappa shape index (κ1) is 21.6. The van der Waals surface area contributed by atoms with E-state index in [1.165, 1.54) is 5.56 Å². The Morgan fingerprint density at radius 1 is 0.560 bits per heavy atom. The number of benzene rings is 1. The first-order valence-electron chi connectivity index (χ1n) is 8.90. The van der Waals surface area contributed by atoms with Gasteiger partial charge in [-0.05, 0) is 24.6 Å². The summed E-state index contributed by atoms with van der Waals surface area (Å²) in [6.07, 6.45) is 0. The van der Waals surface area contributed by atoms with Gasteiger partial charge in [0.15, 0.2) is 0 Å². The van der Waals surface area contributed by atoms with E-state index in [1.54, 1.807) is 0 Å². The molecular weight excluding hydrogens is 349 g/mol. The Morgan fingerprint density at radius 3 is 1.20 bits per heavy atom. The molecule has 25 heavy (non-hydrogen) atoms. The van der Waals surface area contributed by atoms with Gasteiger partial charge in [-0.3, -0.25) is 0 Å². The highest BCUT2D eigenvalue weighted by atomic mass is 28.3. The average Bonchev–Trinajstić information content (AvgIpc) is 2.38. The van der Waals surface area contributed by atoms with Crippen molar-refractivity contribution in [1.29, 1.82) is 0 Å². The maximum Gasteiger partial charge on any atom is 0.129 e. The van der Waals surface area contributed by atoms with Crippen LogP contribution in [0.4, 0.5) is 0 Å². The topological polar surface area (TPSA) is 0 Å². The van der Waals surface area contributed by atoms with Gasteiger partial charge < -0.3 is 0 Å². The largest absolute Gasteiger partial charge is 0.129 e. The Balaban J connectivity index is 3.69. The van der Waals surface area contributed by atoms with Crippen LogP contribution in [0.15, 0.2) is 12.1 Å². The molecule has 132 valence electrons. The lowest BCUT2D eigenvalue weighted by molar-refractivity contribution is 1.41. The van der Waals surface area contributed by atoms with Crippen LogP contribution in [0.5, 0.6) is 0 Å². The van der Waals surface area contributed by atoms with E-state index in [0.29, 0.717) is 0 Å². The van der Waals surface area contributed by atoms with Crippen molar-refractivity contribution in [2.75, 3.05) is 0 Å². The van der Waals surface area contributed by atoms with Crippen LogP contribution in [0.1, 0.15) is 22.3 Å². The summed E-state index contributed by atoms with van der Waals surface area (Å²) >= 11 is 0. The zero-order valence-corrected chi connectivity index (χ0v) is 20.7. The predicted octanol–water partition coefficient (Wildman–Crippen LogP) is 5.68. The minimum Gasteiger partial charge on any atom is -0.127 e. The molecule has 0 atom stereocenters. The molecule has 0 saturated heterocycles. The molecule has 0 N–H and O–H groups in total. The molecule has 0 aliphatic heterocycles. The summed E-state index contributed by atoms with van der Waals surface area (Å²) in [5.41, 5.74) is 14.8. The third-order valence-electron chi connectivity index (χ3n) is 2.99. The van der Waals surface area contributed by atoms with Crippen LogP contribution >= 0.6 is 0 Å². The minimum atomic E-state index is -1.46. The smallest absolute Gasteiger partial charge is 0.127 e. The SMILES string of the molecule is Cc1cc(C#C[Si](C)(C)C)c(C#C[Si](C)(C)C)c(C#C[Si](C)(C)C)c1. The molecule has 0 amide bonds. The molecule has 1 aromatic carbocycles. The maximum absolute atomic E-state index is 3.51. The molecule has 0 aromatic heterocycles.